The Kier molecular flexibility index (Phi) is 5.17. The summed E-state index contributed by atoms with van der Waals surface area (Å²) in [6.45, 7) is 10.2. The predicted molar refractivity (Wildman–Crippen MR) is 104 cm³/mol. The van der Waals surface area contributed by atoms with E-state index in [-0.39, 0.29) is 23.8 Å². The van der Waals surface area contributed by atoms with Crippen molar-refractivity contribution in [2.75, 3.05) is 13.7 Å². The third-order valence-corrected chi connectivity index (χ3v) is 5.51. The van der Waals surface area contributed by atoms with Crippen LogP contribution in [0.25, 0.3) is 5.57 Å². The maximum Gasteiger partial charge on any atom is 0.314 e. The molecule has 0 radical (unpaired) electrons. The number of aryl methyl sites for hydroxylation is 2. The van der Waals surface area contributed by atoms with Crippen molar-refractivity contribution in [1.82, 2.24) is 4.90 Å². The molecule has 0 saturated heterocycles. The molecule has 0 bridgehead atoms. The van der Waals surface area contributed by atoms with E-state index < -0.39 is 5.54 Å². The zero-order chi connectivity index (χ0) is 19.9. The molecule has 1 heterocycles. The summed E-state index contributed by atoms with van der Waals surface area (Å²) < 4.78 is 11.2. The Hall–Kier alpha value is -2.14. The Morgan fingerprint density at radius 3 is 2.37 bits per heavy atom. The van der Waals surface area contributed by atoms with Gasteiger partial charge >= 0.3 is 5.97 Å². The van der Waals surface area contributed by atoms with E-state index in [9.17, 15) is 9.59 Å². The molecule has 1 atom stereocenters. The molecular weight excluding hydrogens is 342 g/mol. The summed E-state index contributed by atoms with van der Waals surface area (Å²) in [5.74, 6) is 0.0919. The van der Waals surface area contributed by atoms with E-state index in [1.807, 2.05) is 52.8 Å². The van der Waals surface area contributed by atoms with Gasteiger partial charge in [0, 0.05) is 7.11 Å². The molecule has 1 amide bonds. The van der Waals surface area contributed by atoms with Crippen molar-refractivity contribution in [1.29, 1.82) is 0 Å². The van der Waals surface area contributed by atoms with E-state index in [2.05, 4.69) is 0 Å². The van der Waals surface area contributed by atoms with Gasteiger partial charge in [0.15, 0.2) is 0 Å². The Bertz CT molecular complexity index is 784. The Morgan fingerprint density at radius 2 is 1.85 bits per heavy atom. The average Bonchev–Trinajstić information content (AvgIpc) is 3.38. The number of methoxy groups -OCH3 is 1. The minimum absolute atomic E-state index is 0.0342. The normalized spacial score (nSPS) is 20.2. The van der Waals surface area contributed by atoms with Crippen LogP contribution in [0.15, 0.2) is 24.0 Å². The van der Waals surface area contributed by atoms with E-state index in [1.165, 1.54) is 0 Å². The number of esters is 1. The molecule has 2 aliphatic rings. The number of hydrogen-bond donors (Lipinski definition) is 0. The highest BCUT2D eigenvalue weighted by atomic mass is 16.5. The maximum atomic E-state index is 13.5. The summed E-state index contributed by atoms with van der Waals surface area (Å²) in [4.78, 5) is 27.8. The molecule has 0 spiro atoms. The number of carbonyl (C=O) groups is 2. The highest BCUT2D eigenvalue weighted by molar-refractivity contribution is 6.24. The molecule has 1 aromatic carbocycles. The van der Waals surface area contributed by atoms with E-state index >= 15 is 0 Å². The van der Waals surface area contributed by atoms with E-state index in [1.54, 1.807) is 12.0 Å². The number of carbonyl (C=O) groups excluding carboxylic acids is 2. The van der Waals surface area contributed by atoms with Gasteiger partial charge in [0.2, 0.25) is 0 Å². The Balaban J connectivity index is 2.15. The summed E-state index contributed by atoms with van der Waals surface area (Å²) in [6.07, 6.45) is 1.73. The van der Waals surface area contributed by atoms with Crippen LogP contribution in [0.3, 0.4) is 0 Å². The molecule has 3 rings (SSSR count). The summed E-state index contributed by atoms with van der Waals surface area (Å²) in [5.41, 5.74) is 2.63. The lowest BCUT2D eigenvalue weighted by Gasteiger charge is -2.37. The lowest BCUT2D eigenvalue weighted by Crippen LogP contribution is -2.50. The van der Waals surface area contributed by atoms with E-state index in [0.717, 1.165) is 29.5 Å². The first kappa shape index (κ1) is 19.6. The van der Waals surface area contributed by atoms with Crippen LogP contribution in [-0.4, -0.2) is 42.1 Å². The third-order valence-electron chi connectivity index (χ3n) is 5.51. The second-order valence-corrected chi connectivity index (χ2v) is 8.20. The zero-order valence-corrected chi connectivity index (χ0v) is 17.1. The van der Waals surface area contributed by atoms with Crippen molar-refractivity contribution in [3.8, 4) is 0 Å². The summed E-state index contributed by atoms with van der Waals surface area (Å²) >= 11 is 0. The number of rotatable bonds is 6. The lowest BCUT2D eigenvalue weighted by molar-refractivity contribution is -0.144. The van der Waals surface area contributed by atoms with Gasteiger partial charge < -0.3 is 14.4 Å². The van der Waals surface area contributed by atoms with Gasteiger partial charge in [0.25, 0.3) is 5.91 Å². The van der Waals surface area contributed by atoms with E-state index in [4.69, 9.17) is 9.47 Å². The summed E-state index contributed by atoms with van der Waals surface area (Å²) in [5, 5.41) is 0. The highest BCUT2D eigenvalue weighted by Gasteiger charge is 2.51. The zero-order valence-electron chi connectivity index (χ0n) is 17.1. The van der Waals surface area contributed by atoms with Gasteiger partial charge in [-0.25, -0.2) is 0 Å². The SMILES string of the molecule is COCC(C)N1C(=O)C(c2c(C)cccc2C)=C(OC(=O)C2CC2)C1(C)C. The minimum atomic E-state index is -0.733. The van der Waals surface area contributed by atoms with Crippen molar-refractivity contribution in [3.63, 3.8) is 0 Å². The fraction of sp³-hybridized carbons (Fsp3) is 0.545. The van der Waals surface area contributed by atoms with Gasteiger partial charge in [-0.05, 0) is 64.2 Å². The van der Waals surface area contributed by atoms with Crippen LogP contribution < -0.4 is 0 Å². The van der Waals surface area contributed by atoms with Crippen LogP contribution in [-0.2, 0) is 19.1 Å². The lowest BCUT2D eigenvalue weighted by atomic mass is 9.93. The largest absolute Gasteiger partial charge is 0.427 e. The van der Waals surface area contributed by atoms with Crippen LogP contribution in [0.4, 0.5) is 0 Å². The number of nitrogens with zero attached hydrogens (tertiary/aromatic N) is 1. The number of ether oxygens (including phenoxy) is 2. The van der Waals surface area contributed by atoms with Gasteiger partial charge in [-0.3, -0.25) is 9.59 Å². The molecule has 5 nitrogen and oxygen atoms in total. The molecule has 1 aliphatic carbocycles. The summed E-state index contributed by atoms with van der Waals surface area (Å²) in [7, 11) is 1.62. The second-order valence-electron chi connectivity index (χ2n) is 8.20. The molecule has 5 heteroatoms. The average molecular weight is 371 g/mol. The standard InChI is InChI=1S/C22H29NO4/c1-13-8-7-9-14(2)17(13)18-19(27-21(25)16-10-11-16)22(4,5)23(20(18)24)15(3)12-26-6/h7-9,15-16H,10-12H2,1-6H3. The monoisotopic (exact) mass is 371 g/mol. The first-order valence-corrected chi connectivity index (χ1v) is 9.55. The first-order chi connectivity index (χ1) is 12.7. The van der Waals surface area contributed by atoms with Gasteiger partial charge in [-0.15, -0.1) is 0 Å². The van der Waals surface area contributed by atoms with Crippen molar-refractivity contribution in [3.05, 3.63) is 40.6 Å². The van der Waals surface area contributed by atoms with Gasteiger partial charge in [0.05, 0.1) is 29.7 Å². The van der Waals surface area contributed by atoms with Gasteiger partial charge in [0.1, 0.15) is 5.76 Å². The maximum absolute atomic E-state index is 13.5. The van der Waals surface area contributed by atoms with Crippen molar-refractivity contribution >= 4 is 17.4 Å². The van der Waals surface area contributed by atoms with Crippen LogP contribution >= 0.6 is 0 Å². The molecule has 1 saturated carbocycles. The molecule has 1 unspecified atom stereocenters. The minimum Gasteiger partial charge on any atom is -0.427 e. The molecule has 27 heavy (non-hydrogen) atoms. The molecular formula is C22H29NO4. The molecule has 1 aromatic rings. The molecule has 1 aliphatic heterocycles. The molecule has 0 aromatic heterocycles. The number of hydrogen-bond acceptors (Lipinski definition) is 4. The van der Waals surface area contributed by atoms with E-state index in [0.29, 0.717) is 17.9 Å². The Labute approximate surface area is 161 Å². The first-order valence-electron chi connectivity index (χ1n) is 9.55. The summed E-state index contributed by atoms with van der Waals surface area (Å²) in [6, 6.07) is 5.79. The van der Waals surface area contributed by atoms with Crippen LogP contribution in [0.5, 0.6) is 0 Å². The van der Waals surface area contributed by atoms with Gasteiger partial charge in [-0.1, -0.05) is 18.2 Å². The highest BCUT2D eigenvalue weighted by Crippen LogP contribution is 2.44. The quantitative estimate of drug-likeness (QED) is 0.717. The van der Waals surface area contributed by atoms with Crippen molar-refractivity contribution < 1.29 is 19.1 Å². The molecule has 1 fully saturated rings. The fourth-order valence-corrected chi connectivity index (χ4v) is 4.06. The van der Waals surface area contributed by atoms with Crippen molar-refractivity contribution in [2.24, 2.45) is 5.92 Å². The van der Waals surface area contributed by atoms with Crippen LogP contribution in [0.2, 0.25) is 0 Å². The smallest absolute Gasteiger partial charge is 0.314 e. The van der Waals surface area contributed by atoms with Crippen LogP contribution in [0.1, 0.15) is 50.3 Å². The predicted octanol–water partition coefficient (Wildman–Crippen LogP) is 3.62. The third kappa shape index (κ3) is 3.41. The van der Waals surface area contributed by atoms with Gasteiger partial charge in [-0.2, -0.15) is 0 Å². The number of benzene rings is 1. The van der Waals surface area contributed by atoms with Crippen molar-refractivity contribution in [2.45, 2.75) is 59.0 Å². The Morgan fingerprint density at radius 1 is 1.26 bits per heavy atom. The molecule has 0 N–H and O–H groups in total. The number of amides is 1. The van der Waals surface area contributed by atoms with Crippen LogP contribution in [0, 0.1) is 19.8 Å². The second kappa shape index (κ2) is 7.12. The fourth-order valence-electron chi connectivity index (χ4n) is 4.06. The molecule has 146 valence electrons. The topological polar surface area (TPSA) is 55.8 Å².